The lowest BCUT2D eigenvalue weighted by Gasteiger charge is -2.39. The van der Waals surface area contributed by atoms with E-state index in [-0.39, 0.29) is 8.07 Å². The topological polar surface area (TPSA) is 3.24 Å². The maximum absolute atomic E-state index is 2.99. The van der Waals surface area contributed by atoms with Gasteiger partial charge in [-0.2, -0.15) is 0 Å². The first-order valence-electron chi connectivity index (χ1n) is 10.6. The summed E-state index contributed by atoms with van der Waals surface area (Å²) >= 11 is 0. The molecular formula is C24H35NP2. The minimum absolute atomic E-state index is 0.0235. The van der Waals surface area contributed by atoms with Crippen molar-refractivity contribution in [1.29, 1.82) is 0 Å². The molecule has 0 aromatic heterocycles. The zero-order valence-electron chi connectivity index (χ0n) is 17.5. The number of hydrogen-bond acceptors (Lipinski definition) is 1. The minimum Gasteiger partial charge on any atom is -0.252 e. The van der Waals surface area contributed by atoms with Crippen molar-refractivity contribution in [3.63, 3.8) is 0 Å². The van der Waals surface area contributed by atoms with Crippen molar-refractivity contribution in [3.05, 3.63) is 59.7 Å². The van der Waals surface area contributed by atoms with Crippen molar-refractivity contribution in [1.82, 2.24) is 4.44 Å². The molecule has 1 nitrogen and oxygen atoms in total. The van der Waals surface area contributed by atoms with E-state index in [4.69, 9.17) is 0 Å². The summed E-state index contributed by atoms with van der Waals surface area (Å²) in [6.07, 6.45) is 8.24. The fraction of sp³-hybridized carbons (Fsp3) is 0.500. The molecule has 0 spiro atoms. The highest BCUT2D eigenvalue weighted by Gasteiger charge is 2.35. The van der Waals surface area contributed by atoms with E-state index in [0.29, 0.717) is 0 Å². The van der Waals surface area contributed by atoms with Crippen LogP contribution in [0, 0.1) is 13.8 Å². The highest BCUT2D eigenvalue weighted by Crippen LogP contribution is 2.62. The summed E-state index contributed by atoms with van der Waals surface area (Å²) in [5.74, 6) is 0. The second-order valence-electron chi connectivity index (χ2n) is 7.80. The SMILES string of the molecule is CCCCN(P(c1ccc(C)cc1)c1ccc(C)cc1)P1CCC[C@H]1CC. The smallest absolute Gasteiger partial charge is 0.0318 e. The molecule has 1 heterocycles. The van der Waals surface area contributed by atoms with E-state index in [1.165, 1.54) is 66.5 Å². The lowest BCUT2D eigenvalue weighted by molar-refractivity contribution is 0.631. The van der Waals surface area contributed by atoms with E-state index >= 15 is 0 Å². The number of hydrogen-bond donors (Lipinski definition) is 0. The number of benzene rings is 2. The summed E-state index contributed by atoms with van der Waals surface area (Å²) in [6, 6.07) is 18.8. The lowest BCUT2D eigenvalue weighted by atomic mass is 10.2. The molecule has 1 aliphatic heterocycles. The van der Waals surface area contributed by atoms with Crippen molar-refractivity contribution >= 4 is 26.8 Å². The van der Waals surface area contributed by atoms with Crippen molar-refractivity contribution in [2.75, 3.05) is 12.7 Å². The molecule has 0 aliphatic carbocycles. The van der Waals surface area contributed by atoms with E-state index in [1.807, 2.05) is 0 Å². The van der Waals surface area contributed by atoms with Crippen LogP contribution in [0.25, 0.3) is 0 Å². The van der Waals surface area contributed by atoms with Gasteiger partial charge in [-0.15, -0.1) is 0 Å². The molecule has 2 aromatic rings. The number of aryl methyl sites for hydroxylation is 2. The molecule has 0 saturated carbocycles. The summed E-state index contributed by atoms with van der Waals surface area (Å²) in [5, 5.41) is 3.06. The van der Waals surface area contributed by atoms with Gasteiger partial charge in [-0.05, 0) is 70.0 Å². The Morgan fingerprint density at radius 2 is 1.48 bits per heavy atom. The van der Waals surface area contributed by atoms with Crippen LogP contribution in [0.1, 0.15) is 57.1 Å². The zero-order valence-corrected chi connectivity index (χ0v) is 19.3. The van der Waals surface area contributed by atoms with Crippen LogP contribution >= 0.6 is 16.1 Å². The second-order valence-corrected chi connectivity index (χ2v) is 12.8. The molecule has 0 amide bonds. The van der Waals surface area contributed by atoms with Gasteiger partial charge < -0.3 is 0 Å². The molecule has 2 atom stereocenters. The van der Waals surface area contributed by atoms with Crippen LogP contribution in [-0.2, 0) is 0 Å². The van der Waals surface area contributed by atoms with E-state index < -0.39 is 8.07 Å². The Morgan fingerprint density at radius 3 is 1.96 bits per heavy atom. The van der Waals surface area contributed by atoms with Crippen molar-refractivity contribution in [2.24, 2.45) is 0 Å². The monoisotopic (exact) mass is 399 g/mol. The van der Waals surface area contributed by atoms with Crippen LogP contribution in [0.3, 0.4) is 0 Å². The van der Waals surface area contributed by atoms with Crippen molar-refractivity contribution in [3.8, 4) is 0 Å². The van der Waals surface area contributed by atoms with Gasteiger partial charge in [0.2, 0.25) is 0 Å². The molecule has 146 valence electrons. The Morgan fingerprint density at radius 1 is 0.926 bits per heavy atom. The number of unbranched alkanes of at least 4 members (excludes halogenated alkanes) is 1. The fourth-order valence-electron chi connectivity index (χ4n) is 3.97. The van der Waals surface area contributed by atoms with Gasteiger partial charge in [0, 0.05) is 14.6 Å². The number of rotatable bonds is 8. The van der Waals surface area contributed by atoms with Gasteiger partial charge in [0.15, 0.2) is 0 Å². The second kappa shape index (κ2) is 10.2. The standard InChI is InChI=1S/C24H35NP2/c1-5-7-18-25(26-19-8-9-22(26)6-2)27(23-14-10-20(3)11-15-23)24-16-12-21(4)13-17-24/h10-17,22H,5-9,18-19H2,1-4H3/t22-,26?/m1/s1. The first-order valence-corrected chi connectivity index (χ1v) is 13.5. The summed E-state index contributed by atoms with van der Waals surface area (Å²) in [6.45, 7) is 10.4. The predicted octanol–water partition coefficient (Wildman–Crippen LogP) is 6.72. The molecule has 27 heavy (non-hydrogen) atoms. The third kappa shape index (κ3) is 5.20. The number of nitrogens with zero attached hydrogens (tertiary/aromatic N) is 1. The molecule has 1 aliphatic rings. The summed E-state index contributed by atoms with van der Waals surface area (Å²) < 4.78 is 2.99. The Kier molecular flexibility index (Phi) is 7.89. The van der Waals surface area contributed by atoms with Gasteiger partial charge in [0.1, 0.15) is 0 Å². The molecule has 1 saturated heterocycles. The van der Waals surface area contributed by atoms with E-state index in [2.05, 4.69) is 80.7 Å². The molecular weight excluding hydrogens is 364 g/mol. The van der Waals surface area contributed by atoms with E-state index in [0.717, 1.165) is 5.66 Å². The molecule has 0 bridgehead atoms. The zero-order chi connectivity index (χ0) is 19.2. The predicted molar refractivity (Wildman–Crippen MR) is 125 cm³/mol. The molecule has 3 heteroatoms. The van der Waals surface area contributed by atoms with Crippen LogP contribution in [0.15, 0.2) is 48.5 Å². The van der Waals surface area contributed by atoms with Gasteiger partial charge in [-0.1, -0.05) is 79.9 Å². The summed E-state index contributed by atoms with van der Waals surface area (Å²) in [4.78, 5) is 0. The van der Waals surface area contributed by atoms with Gasteiger partial charge in [0.05, 0.1) is 0 Å². The third-order valence-corrected chi connectivity index (χ3v) is 12.1. The minimum atomic E-state index is -0.432. The van der Waals surface area contributed by atoms with Crippen LogP contribution in [0.2, 0.25) is 0 Å². The molecule has 0 N–H and O–H groups in total. The van der Waals surface area contributed by atoms with Gasteiger partial charge in [-0.25, -0.2) is 0 Å². The van der Waals surface area contributed by atoms with Crippen LogP contribution in [0.5, 0.6) is 0 Å². The largest absolute Gasteiger partial charge is 0.252 e. The highest BCUT2D eigenvalue weighted by atomic mass is 31.2. The summed E-state index contributed by atoms with van der Waals surface area (Å²) in [7, 11) is -0.455. The van der Waals surface area contributed by atoms with Crippen LogP contribution < -0.4 is 10.6 Å². The Labute approximate surface area is 169 Å². The average Bonchev–Trinajstić information content (AvgIpc) is 3.16. The van der Waals surface area contributed by atoms with Crippen molar-refractivity contribution in [2.45, 2.75) is 65.5 Å². The molecule has 1 fully saturated rings. The molecule has 0 radical (unpaired) electrons. The highest BCUT2D eigenvalue weighted by molar-refractivity contribution is 7.79. The maximum atomic E-state index is 2.99. The van der Waals surface area contributed by atoms with Crippen molar-refractivity contribution < 1.29 is 0 Å². The first kappa shape index (κ1) is 21.0. The third-order valence-electron chi connectivity index (χ3n) is 5.61. The van der Waals surface area contributed by atoms with E-state index in [1.54, 1.807) is 0 Å². The Hall–Kier alpha value is -0.740. The lowest BCUT2D eigenvalue weighted by Crippen LogP contribution is -2.28. The van der Waals surface area contributed by atoms with Crippen LogP contribution in [-0.4, -0.2) is 22.8 Å². The van der Waals surface area contributed by atoms with Crippen LogP contribution in [0.4, 0.5) is 0 Å². The van der Waals surface area contributed by atoms with Gasteiger partial charge in [-0.3, -0.25) is 4.44 Å². The van der Waals surface area contributed by atoms with Gasteiger partial charge >= 0.3 is 0 Å². The Bertz CT molecular complexity index is 650. The average molecular weight is 399 g/mol. The normalized spacial score (nSPS) is 19.9. The van der Waals surface area contributed by atoms with E-state index in [9.17, 15) is 0 Å². The molecule has 1 unspecified atom stereocenters. The molecule has 3 rings (SSSR count). The maximum Gasteiger partial charge on any atom is 0.0318 e. The Balaban J connectivity index is 2.03. The summed E-state index contributed by atoms with van der Waals surface area (Å²) in [5.41, 5.74) is 3.64. The quantitative estimate of drug-likeness (QED) is 0.445. The molecule has 2 aromatic carbocycles. The fourth-order valence-corrected chi connectivity index (χ4v) is 11.0. The first-order chi connectivity index (χ1) is 13.1. The van der Waals surface area contributed by atoms with Gasteiger partial charge in [0.25, 0.3) is 0 Å².